The van der Waals surface area contributed by atoms with Gasteiger partial charge < -0.3 is 15.7 Å². The van der Waals surface area contributed by atoms with Crippen LogP contribution in [0.25, 0.3) is 16.6 Å². The van der Waals surface area contributed by atoms with Gasteiger partial charge in [0.2, 0.25) is 0 Å². The Morgan fingerprint density at radius 1 is 0.800 bits per heavy atom. The zero-order valence-electron chi connectivity index (χ0n) is 24.5. The van der Waals surface area contributed by atoms with Crippen molar-refractivity contribution in [1.82, 2.24) is 14.7 Å². The minimum absolute atomic E-state index is 0.00389. The Hall–Kier alpha value is -5.73. The van der Waals surface area contributed by atoms with Crippen molar-refractivity contribution in [1.29, 1.82) is 0 Å². The number of hydrogen-bond donors (Lipinski definition) is 2. The lowest BCUT2D eigenvalue weighted by atomic mass is 9.93. The fourth-order valence-electron chi connectivity index (χ4n) is 6.12. The molecule has 0 radical (unpaired) electrons. The molecule has 0 spiro atoms. The van der Waals surface area contributed by atoms with Gasteiger partial charge in [0.25, 0.3) is 11.8 Å². The molecular formula is C37H31N5O3. The molecule has 3 N–H and O–H groups in total. The Morgan fingerprint density at radius 3 is 2.11 bits per heavy atom. The van der Waals surface area contributed by atoms with Crippen LogP contribution < -0.4 is 10.6 Å². The molecule has 45 heavy (non-hydrogen) atoms. The van der Waals surface area contributed by atoms with Crippen molar-refractivity contribution in [2.75, 3.05) is 11.4 Å². The summed E-state index contributed by atoms with van der Waals surface area (Å²) in [6, 6.07) is 38.8. The van der Waals surface area contributed by atoms with Gasteiger partial charge in [0.15, 0.2) is 5.69 Å². The molecule has 0 unspecified atom stereocenters. The standard InChI is InChI=1S/C37H31N5O3/c38-23-29-21-25-11-7-8-12-26(25)24-40(29)36(44)31-17-9-10-18-33(31)42-34-20-19-30(43)22-32(34)35(39-42)37(45)41(27-13-3-1-4-14-27)28-15-5-2-6-16-28/h1-20,22,29,43H,21,23-24,38H2/t29-/m0/s1. The second-order valence-electron chi connectivity index (χ2n) is 11.1. The van der Waals surface area contributed by atoms with Crippen LogP contribution in [0.15, 0.2) is 127 Å². The van der Waals surface area contributed by atoms with Gasteiger partial charge in [-0.25, -0.2) is 4.68 Å². The Labute approximate surface area is 260 Å². The van der Waals surface area contributed by atoms with Crippen LogP contribution in [0, 0.1) is 0 Å². The summed E-state index contributed by atoms with van der Waals surface area (Å²) in [6.07, 6.45) is 0.679. The number of nitrogens with zero attached hydrogens (tertiary/aromatic N) is 4. The number of anilines is 2. The highest BCUT2D eigenvalue weighted by atomic mass is 16.3. The molecule has 0 fully saturated rings. The van der Waals surface area contributed by atoms with E-state index in [0.29, 0.717) is 53.0 Å². The predicted octanol–water partition coefficient (Wildman–Crippen LogP) is 6.24. The second kappa shape index (κ2) is 11.7. The van der Waals surface area contributed by atoms with E-state index in [4.69, 9.17) is 10.8 Å². The minimum Gasteiger partial charge on any atom is -0.508 e. The molecule has 8 nitrogen and oxygen atoms in total. The quantitative estimate of drug-likeness (QED) is 0.238. The molecule has 1 aliphatic rings. The van der Waals surface area contributed by atoms with Gasteiger partial charge in [-0.2, -0.15) is 5.10 Å². The lowest BCUT2D eigenvalue weighted by molar-refractivity contribution is 0.0647. The van der Waals surface area contributed by atoms with E-state index in [-0.39, 0.29) is 29.3 Å². The monoisotopic (exact) mass is 593 g/mol. The Bertz CT molecular complexity index is 1980. The highest BCUT2D eigenvalue weighted by Gasteiger charge is 2.32. The normalized spacial score (nSPS) is 14.2. The number of carbonyl (C=O) groups excluding carboxylic acids is 2. The first-order valence-electron chi connectivity index (χ1n) is 14.9. The smallest absolute Gasteiger partial charge is 0.283 e. The Balaban J connectivity index is 1.35. The summed E-state index contributed by atoms with van der Waals surface area (Å²) in [6.45, 7) is 0.783. The SMILES string of the molecule is NC[C@@H]1Cc2ccccc2CN1C(=O)c1ccccc1-n1nc(C(=O)N(c2ccccc2)c2ccccc2)c2cc(O)ccc21. The van der Waals surface area contributed by atoms with E-state index in [1.807, 2.05) is 102 Å². The number of carbonyl (C=O) groups is 2. The van der Waals surface area contributed by atoms with Crippen molar-refractivity contribution in [2.45, 2.75) is 19.0 Å². The maximum atomic E-state index is 14.5. The average molecular weight is 594 g/mol. The van der Waals surface area contributed by atoms with Crippen molar-refractivity contribution in [3.63, 3.8) is 0 Å². The van der Waals surface area contributed by atoms with E-state index < -0.39 is 0 Å². The largest absolute Gasteiger partial charge is 0.508 e. The molecule has 0 bridgehead atoms. The molecule has 0 saturated carbocycles. The average Bonchev–Trinajstić information content (AvgIpc) is 3.47. The van der Waals surface area contributed by atoms with Crippen molar-refractivity contribution in [3.05, 3.63) is 150 Å². The number of phenols is 1. The summed E-state index contributed by atoms with van der Waals surface area (Å²) in [7, 11) is 0. The van der Waals surface area contributed by atoms with Gasteiger partial charge in [-0.15, -0.1) is 0 Å². The summed E-state index contributed by atoms with van der Waals surface area (Å²) >= 11 is 0. The van der Waals surface area contributed by atoms with Gasteiger partial charge in [-0.05, 0) is 72.1 Å². The van der Waals surface area contributed by atoms with Gasteiger partial charge >= 0.3 is 0 Å². The maximum Gasteiger partial charge on any atom is 0.283 e. The van der Waals surface area contributed by atoms with Crippen LogP contribution in [0.4, 0.5) is 11.4 Å². The van der Waals surface area contributed by atoms with E-state index in [9.17, 15) is 14.7 Å². The molecule has 8 heteroatoms. The predicted molar refractivity (Wildman–Crippen MR) is 175 cm³/mol. The fourth-order valence-corrected chi connectivity index (χ4v) is 6.12. The van der Waals surface area contributed by atoms with Crippen LogP contribution in [0.3, 0.4) is 0 Å². The molecule has 1 aliphatic heterocycles. The van der Waals surface area contributed by atoms with Gasteiger partial charge in [-0.1, -0.05) is 72.8 Å². The number of benzene rings is 5. The third kappa shape index (κ3) is 5.11. The summed E-state index contributed by atoms with van der Waals surface area (Å²) < 4.78 is 1.62. The highest BCUT2D eigenvalue weighted by molar-refractivity contribution is 6.16. The number of aromatic nitrogens is 2. The van der Waals surface area contributed by atoms with E-state index in [1.54, 1.807) is 27.8 Å². The third-order valence-electron chi connectivity index (χ3n) is 8.35. The summed E-state index contributed by atoms with van der Waals surface area (Å²) in [5.74, 6) is -0.536. The van der Waals surface area contributed by atoms with Gasteiger partial charge in [0, 0.05) is 35.9 Å². The number of para-hydroxylation sites is 3. The number of amides is 2. The van der Waals surface area contributed by atoms with Gasteiger partial charge in [0.05, 0.1) is 16.8 Å². The summed E-state index contributed by atoms with van der Waals surface area (Å²) in [5.41, 5.74) is 11.5. The molecule has 1 aromatic heterocycles. The molecule has 1 atom stereocenters. The third-order valence-corrected chi connectivity index (χ3v) is 8.35. The fraction of sp³-hybridized carbons (Fsp3) is 0.108. The molecule has 0 aliphatic carbocycles. The topological polar surface area (TPSA) is 105 Å². The molecule has 6 aromatic rings. The molecule has 0 saturated heterocycles. The molecule has 222 valence electrons. The lowest BCUT2D eigenvalue weighted by Gasteiger charge is -2.36. The van der Waals surface area contributed by atoms with E-state index >= 15 is 0 Å². The second-order valence-corrected chi connectivity index (χ2v) is 11.1. The van der Waals surface area contributed by atoms with Crippen molar-refractivity contribution in [3.8, 4) is 11.4 Å². The minimum atomic E-state index is -0.374. The van der Waals surface area contributed by atoms with Gasteiger partial charge in [-0.3, -0.25) is 14.5 Å². The van der Waals surface area contributed by atoms with Crippen molar-refractivity contribution < 1.29 is 14.7 Å². The number of nitrogens with two attached hydrogens (primary N) is 1. The number of rotatable bonds is 6. The van der Waals surface area contributed by atoms with Crippen LogP contribution >= 0.6 is 0 Å². The highest BCUT2D eigenvalue weighted by Crippen LogP contribution is 2.33. The first kappa shape index (κ1) is 28.1. The van der Waals surface area contributed by atoms with Crippen LogP contribution in [0.5, 0.6) is 5.75 Å². The first-order valence-corrected chi connectivity index (χ1v) is 14.9. The van der Waals surface area contributed by atoms with Crippen LogP contribution in [-0.2, 0) is 13.0 Å². The lowest BCUT2D eigenvalue weighted by Crippen LogP contribution is -2.48. The van der Waals surface area contributed by atoms with E-state index in [0.717, 1.165) is 5.56 Å². The zero-order valence-corrected chi connectivity index (χ0v) is 24.5. The van der Waals surface area contributed by atoms with Crippen LogP contribution in [-0.4, -0.2) is 44.2 Å². The molecule has 7 rings (SSSR count). The van der Waals surface area contributed by atoms with Gasteiger partial charge in [0.1, 0.15) is 5.75 Å². The Kier molecular flexibility index (Phi) is 7.33. The van der Waals surface area contributed by atoms with Crippen LogP contribution in [0.1, 0.15) is 32.0 Å². The first-order chi connectivity index (χ1) is 22.0. The molecule has 5 aromatic carbocycles. The molecule has 2 amide bonds. The Morgan fingerprint density at radius 2 is 1.42 bits per heavy atom. The zero-order chi connectivity index (χ0) is 30.9. The number of hydrogen-bond acceptors (Lipinski definition) is 5. The van der Waals surface area contributed by atoms with E-state index in [1.165, 1.54) is 11.6 Å². The van der Waals surface area contributed by atoms with E-state index in [2.05, 4.69) is 6.07 Å². The van der Waals surface area contributed by atoms with Crippen molar-refractivity contribution >= 4 is 34.1 Å². The number of fused-ring (bicyclic) bond motifs is 2. The number of aromatic hydroxyl groups is 1. The van der Waals surface area contributed by atoms with Crippen LogP contribution in [0.2, 0.25) is 0 Å². The summed E-state index contributed by atoms with van der Waals surface area (Å²) in [5, 5.41) is 15.8. The maximum absolute atomic E-state index is 14.5. The number of phenolic OH excluding ortho intramolecular Hbond substituents is 1. The summed E-state index contributed by atoms with van der Waals surface area (Å²) in [4.78, 5) is 32.2. The molecular weight excluding hydrogens is 562 g/mol. The van der Waals surface area contributed by atoms with Crippen molar-refractivity contribution in [2.24, 2.45) is 5.73 Å². The molecule has 2 heterocycles.